The minimum Gasteiger partial charge on any atom is -0.361 e. The molecule has 0 spiro atoms. The van der Waals surface area contributed by atoms with E-state index in [0.717, 1.165) is 6.42 Å². The van der Waals surface area contributed by atoms with Crippen LogP contribution in [0, 0.1) is 0 Å². The molecule has 0 radical (unpaired) electrons. The number of rotatable bonds is 4. The second-order valence-corrected chi connectivity index (χ2v) is 4.17. The van der Waals surface area contributed by atoms with Crippen molar-refractivity contribution in [1.82, 2.24) is 10.3 Å². The smallest absolute Gasteiger partial charge is 0.0453 e. The Morgan fingerprint density at radius 1 is 1.19 bits per heavy atom. The summed E-state index contributed by atoms with van der Waals surface area (Å²) in [5.74, 6) is 0. The zero-order valence-corrected chi connectivity index (χ0v) is 9.83. The van der Waals surface area contributed by atoms with Gasteiger partial charge in [-0.3, -0.25) is 0 Å². The lowest BCUT2D eigenvalue weighted by molar-refractivity contribution is 0.608. The van der Waals surface area contributed by atoms with Crippen LogP contribution in [0.5, 0.6) is 0 Å². The summed E-state index contributed by atoms with van der Waals surface area (Å²) >= 11 is 0. The topological polar surface area (TPSA) is 27.8 Å². The van der Waals surface area contributed by atoms with Gasteiger partial charge in [0, 0.05) is 17.9 Å². The Hall–Kier alpha value is -1.54. The van der Waals surface area contributed by atoms with Crippen molar-refractivity contribution in [3.05, 3.63) is 48.2 Å². The molecule has 1 aromatic carbocycles. The van der Waals surface area contributed by atoms with E-state index < -0.39 is 0 Å². The van der Waals surface area contributed by atoms with Crippen LogP contribution in [0.15, 0.2) is 42.6 Å². The molecule has 0 fully saturated rings. The zero-order valence-electron chi connectivity index (χ0n) is 9.83. The molecule has 2 rings (SSSR count). The lowest BCUT2D eigenvalue weighted by atomic mass is 10.0. The fraction of sp³-hybridized carbons (Fsp3) is 0.286. The van der Waals surface area contributed by atoms with Crippen LogP contribution < -0.4 is 5.32 Å². The lowest BCUT2D eigenvalue weighted by Crippen LogP contribution is -2.23. The predicted molar refractivity (Wildman–Crippen MR) is 68.5 cm³/mol. The molecule has 1 heterocycles. The summed E-state index contributed by atoms with van der Waals surface area (Å²) in [6.45, 7) is 2.19. The Morgan fingerprint density at radius 3 is 2.50 bits per heavy atom. The number of likely N-dealkylation sites (N-methyl/N-ethyl adjacent to an activating group) is 1. The van der Waals surface area contributed by atoms with Crippen molar-refractivity contribution in [2.45, 2.75) is 19.4 Å². The summed E-state index contributed by atoms with van der Waals surface area (Å²) in [6, 6.07) is 13.4. The molecule has 16 heavy (non-hydrogen) atoms. The van der Waals surface area contributed by atoms with Crippen molar-refractivity contribution in [3.63, 3.8) is 0 Å². The minimum atomic E-state index is 0.524. The Morgan fingerprint density at radius 2 is 1.94 bits per heavy atom. The van der Waals surface area contributed by atoms with E-state index in [-0.39, 0.29) is 0 Å². The highest BCUT2D eigenvalue weighted by Crippen LogP contribution is 2.17. The number of benzene rings is 1. The van der Waals surface area contributed by atoms with E-state index in [1.54, 1.807) is 0 Å². The molecule has 2 nitrogen and oxygen atoms in total. The van der Waals surface area contributed by atoms with E-state index in [1.807, 2.05) is 19.3 Å². The predicted octanol–water partition coefficient (Wildman–Crippen LogP) is 2.83. The van der Waals surface area contributed by atoms with Crippen LogP contribution in [0.1, 0.15) is 12.5 Å². The minimum absolute atomic E-state index is 0.524. The molecule has 0 aliphatic carbocycles. The van der Waals surface area contributed by atoms with Gasteiger partial charge in [0.15, 0.2) is 0 Å². The summed E-state index contributed by atoms with van der Waals surface area (Å²) in [6.07, 6.45) is 3.02. The quantitative estimate of drug-likeness (QED) is 0.804. The van der Waals surface area contributed by atoms with Crippen LogP contribution in [-0.2, 0) is 6.42 Å². The fourth-order valence-electron chi connectivity index (χ4n) is 1.79. The number of nitrogens with one attached hydrogen (secondary N) is 2. The maximum Gasteiger partial charge on any atom is 0.0453 e. The van der Waals surface area contributed by atoms with Gasteiger partial charge in [-0.2, -0.15) is 0 Å². The molecule has 0 amide bonds. The zero-order chi connectivity index (χ0) is 11.4. The Bertz CT molecular complexity index is 415. The SMILES string of the molecule is CNC(C)Cc1ccc(-c2ccc[nH]2)cc1. The van der Waals surface area contributed by atoms with E-state index >= 15 is 0 Å². The van der Waals surface area contributed by atoms with Crippen molar-refractivity contribution < 1.29 is 0 Å². The standard InChI is InChI=1S/C14H18N2/c1-11(15-2)10-12-5-7-13(8-6-12)14-4-3-9-16-14/h3-9,11,15-16H,10H2,1-2H3. The molecule has 2 N–H and O–H groups in total. The number of hydrogen-bond acceptors (Lipinski definition) is 1. The normalized spacial score (nSPS) is 12.6. The van der Waals surface area contributed by atoms with Gasteiger partial charge in [0.05, 0.1) is 0 Å². The highest BCUT2D eigenvalue weighted by molar-refractivity contribution is 5.59. The van der Waals surface area contributed by atoms with Crippen LogP contribution in [0.3, 0.4) is 0 Å². The molecule has 0 bridgehead atoms. The Labute approximate surface area is 96.7 Å². The number of H-pyrrole nitrogens is 1. The number of aromatic amines is 1. The molecule has 1 atom stereocenters. The molecule has 1 aromatic heterocycles. The van der Waals surface area contributed by atoms with E-state index in [4.69, 9.17) is 0 Å². The van der Waals surface area contributed by atoms with Crippen molar-refractivity contribution in [1.29, 1.82) is 0 Å². The first kappa shape index (κ1) is 11.0. The Balaban J connectivity index is 2.11. The average molecular weight is 214 g/mol. The van der Waals surface area contributed by atoms with Gasteiger partial charge in [0.1, 0.15) is 0 Å². The van der Waals surface area contributed by atoms with Gasteiger partial charge in [-0.25, -0.2) is 0 Å². The van der Waals surface area contributed by atoms with Crippen LogP contribution in [-0.4, -0.2) is 18.1 Å². The third-order valence-corrected chi connectivity index (χ3v) is 2.90. The summed E-state index contributed by atoms with van der Waals surface area (Å²) < 4.78 is 0. The van der Waals surface area contributed by atoms with Crippen LogP contribution in [0.4, 0.5) is 0 Å². The van der Waals surface area contributed by atoms with Crippen LogP contribution >= 0.6 is 0 Å². The molecule has 2 aromatic rings. The first-order valence-corrected chi connectivity index (χ1v) is 5.69. The lowest BCUT2D eigenvalue weighted by Gasteiger charge is -2.10. The first-order valence-electron chi connectivity index (χ1n) is 5.69. The van der Waals surface area contributed by atoms with E-state index in [1.165, 1.54) is 16.8 Å². The van der Waals surface area contributed by atoms with E-state index in [2.05, 4.69) is 47.6 Å². The van der Waals surface area contributed by atoms with Crippen molar-refractivity contribution in [3.8, 4) is 11.3 Å². The number of aromatic nitrogens is 1. The third kappa shape index (κ3) is 2.52. The summed E-state index contributed by atoms with van der Waals surface area (Å²) in [7, 11) is 2.00. The molecule has 2 heteroatoms. The van der Waals surface area contributed by atoms with Crippen molar-refractivity contribution in [2.24, 2.45) is 0 Å². The first-order chi connectivity index (χ1) is 7.79. The van der Waals surface area contributed by atoms with Gasteiger partial charge in [-0.15, -0.1) is 0 Å². The molecule has 84 valence electrons. The highest BCUT2D eigenvalue weighted by atomic mass is 14.8. The molecular weight excluding hydrogens is 196 g/mol. The van der Waals surface area contributed by atoms with Crippen molar-refractivity contribution >= 4 is 0 Å². The van der Waals surface area contributed by atoms with Gasteiger partial charge in [-0.05, 0) is 43.7 Å². The second kappa shape index (κ2) is 4.99. The molecule has 1 unspecified atom stereocenters. The van der Waals surface area contributed by atoms with Crippen molar-refractivity contribution in [2.75, 3.05) is 7.05 Å². The average Bonchev–Trinajstić information content (AvgIpc) is 2.83. The third-order valence-electron chi connectivity index (χ3n) is 2.90. The van der Waals surface area contributed by atoms with Gasteiger partial charge in [0.25, 0.3) is 0 Å². The van der Waals surface area contributed by atoms with Gasteiger partial charge in [0.2, 0.25) is 0 Å². The summed E-state index contributed by atoms with van der Waals surface area (Å²) in [5.41, 5.74) is 3.79. The number of hydrogen-bond donors (Lipinski definition) is 2. The fourth-order valence-corrected chi connectivity index (χ4v) is 1.79. The molecule has 0 aliphatic heterocycles. The van der Waals surface area contributed by atoms with Gasteiger partial charge < -0.3 is 10.3 Å². The van der Waals surface area contributed by atoms with Crippen LogP contribution in [0.25, 0.3) is 11.3 Å². The second-order valence-electron chi connectivity index (χ2n) is 4.17. The maximum absolute atomic E-state index is 3.25. The molecule has 0 saturated heterocycles. The van der Waals surface area contributed by atoms with E-state index in [0.29, 0.717) is 6.04 Å². The van der Waals surface area contributed by atoms with Gasteiger partial charge >= 0.3 is 0 Å². The largest absolute Gasteiger partial charge is 0.361 e. The molecular formula is C14H18N2. The maximum atomic E-state index is 3.25. The monoisotopic (exact) mass is 214 g/mol. The molecule has 0 saturated carbocycles. The van der Waals surface area contributed by atoms with Gasteiger partial charge in [-0.1, -0.05) is 24.3 Å². The summed E-state index contributed by atoms with van der Waals surface area (Å²) in [4.78, 5) is 3.21. The highest BCUT2D eigenvalue weighted by Gasteiger charge is 2.01. The summed E-state index contributed by atoms with van der Waals surface area (Å²) in [5, 5.41) is 3.25. The molecule has 0 aliphatic rings. The Kier molecular flexibility index (Phi) is 3.42. The van der Waals surface area contributed by atoms with Crippen LogP contribution in [0.2, 0.25) is 0 Å². The van der Waals surface area contributed by atoms with E-state index in [9.17, 15) is 0 Å².